The van der Waals surface area contributed by atoms with Gasteiger partial charge in [0.15, 0.2) is 0 Å². The summed E-state index contributed by atoms with van der Waals surface area (Å²) in [6, 6.07) is 2.24. The fourth-order valence-electron chi connectivity index (χ4n) is 2.98. The number of aryl methyl sites for hydroxylation is 1. The maximum Gasteiger partial charge on any atom is 0.140 e. The zero-order chi connectivity index (χ0) is 16.3. The Bertz CT molecular complexity index is 389. The molecule has 0 bridgehead atoms. The minimum Gasteiger partial charge on any atom is -0.364 e. The summed E-state index contributed by atoms with van der Waals surface area (Å²) in [5.74, 6) is 1.09. The quantitative estimate of drug-likeness (QED) is 0.403. The molecule has 1 aromatic rings. The largest absolute Gasteiger partial charge is 0.364 e. The number of nitrogens with one attached hydrogen (secondary N) is 1. The van der Waals surface area contributed by atoms with Crippen LogP contribution in [-0.4, -0.2) is 9.91 Å². The van der Waals surface area contributed by atoms with Crippen LogP contribution in [0.5, 0.6) is 0 Å². The molecular weight excluding hydrogens is 288 g/mol. The Kier molecular flexibility index (Phi) is 9.77. The van der Waals surface area contributed by atoms with E-state index < -0.39 is 0 Å². The van der Waals surface area contributed by atoms with Gasteiger partial charge in [-0.1, -0.05) is 72.1 Å². The molecule has 1 aromatic heterocycles. The van der Waals surface area contributed by atoms with Crippen LogP contribution in [0, 0.1) is 0 Å². The smallest absolute Gasteiger partial charge is 0.140 e. The van der Waals surface area contributed by atoms with E-state index in [1.165, 1.54) is 69.1 Å². The maximum atomic E-state index is 4.59. The summed E-state index contributed by atoms with van der Waals surface area (Å²) in [6.45, 7) is 9.16. The first kappa shape index (κ1) is 19.5. The van der Waals surface area contributed by atoms with Crippen LogP contribution in [0.15, 0.2) is 6.07 Å². The van der Waals surface area contributed by atoms with E-state index in [2.05, 4.69) is 43.5 Å². The molecule has 1 unspecified atom stereocenters. The summed E-state index contributed by atoms with van der Waals surface area (Å²) in [7, 11) is 0. The molecule has 3 heteroatoms. The molecule has 0 spiro atoms. The summed E-state index contributed by atoms with van der Waals surface area (Å²) in [5, 5.41) is 3.76. The zero-order valence-corrected chi connectivity index (χ0v) is 16.0. The predicted molar refractivity (Wildman–Crippen MR) is 101 cm³/mol. The Balaban J connectivity index is 2.52. The third-order valence-corrected chi connectivity index (χ3v) is 5.43. The Morgan fingerprint density at radius 1 is 0.955 bits per heavy atom. The van der Waals surface area contributed by atoms with Gasteiger partial charge < -0.3 is 5.32 Å². The minimum absolute atomic E-state index is 0.209. The SMILES string of the molecule is CCCCCCCC(C)(CCCCC)Nc1cc(CC)sn1. The molecule has 22 heavy (non-hydrogen) atoms. The monoisotopic (exact) mass is 324 g/mol. The average Bonchev–Trinajstić information content (AvgIpc) is 2.95. The van der Waals surface area contributed by atoms with E-state index in [0.717, 1.165) is 12.2 Å². The third kappa shape index (κ3) is 7.62. The lowest BCUT2D eigenvalue weighted by molar-refractivity contribution is 0.396. The standard InChI is InChI=1S/C19H36N2S/c1-5-8-10-11-13-15-19(4,14-12-9-6-2)20-18-16-17(7-3)22-21-18/h16H,5-15H2,1-4H3,(H,20,21). The molecule has 0 aromatic carbocycles. The third-order valence-electron chi connectivity index (χ3n) is 4.50. The van der Waals surface area contributed by atoms with Crippen molar-refractivity contribution in [3.63, 3.8) is 0 Å². The lowest BCUT2D eigenvalue weighted by Gasteiger charge is -2.31. The van der Waals surface area contributed by atoms with E-state index >= 15 is 0 Å². The molecule has 0 radical (unpaired) electrons. The number of hydrogen-bond acceptors (Lipinski definition) is 3. The molecule has 2 nitrogen and oxygen atoms in total. The van der Waals surface area contributed by atoms with Gasteiger partial charge in [-0.25, -0.2) is 0 Å². The number of anilines is 1. The molecular formula is C19H36N2S. The summed E-state index contributed by atoms with van der Waals surface area (Å²) in [5.41, 5.74) is 0.209. The molecule has 1 atom stereocenters. The highest BCUT2D eigenvalue weighted by molar-refractivity contribution is 7.06. The molecule has 0 saturated carbocycles. The molecule has 0 aliphatic rings. The molecule has 0 aliphatic carbocycles. The first-order valence-electron chi connectivity index (χ1n) is 9.37. The van der Waals surface area contributed by atoms with Crippen molar-refractivity contribution in [3.8, 4) is 0 Å². The molecule has 0 amide bonds. The van der Waals surface area contributed by atoms with E-state index in [1.807, 2.05) is 0 Å². The summed E-state index contributed by atoms with van der Waals surface area (Å²) in [4.78, 5) is 1.38. The number of unbranched alkanes of at least 4 members (excludes halogenated alkanes) is 6. The van der Waals surface area contributed by atoms with Crippen molar-refractivity contribution in [2.75, 3.05) is 5.32 Å². The van der Waals surface area contributed by atoms with Crippen molar-refractivity contribution in [1.29, 1.82) is 0 Å². The highest BCUT2D eigenvalue weighted by atomic mass is 32.1. The van der Waals surface area contributed by atoms with Crippen molar-refractivity contribution in [1.82, 2.24) is 4.37 Å². The average molecular weight is 325 g/mol. The van der Waals surface area contributed by atoms with Gasteiger partial charge in [-0.2, -0.15) is 4.37 Å². The molecule has 0 aliphatic heterocycles. The Labute approximate surface area is 142 Å². The molecule has 1 N–H and O–H groups in total. The van der Waals surface area contributed by atoms with Crippen LogP contribution in [0.4, 0.5) is 5.82 Å². The topological polar surface area (TPSA) is 24.9 Å². The molecule has 0 fully saturated rings. The Hall–Kier alpha value is -0.570. The van der Waals surface area contributed by atoms with Crippen LogP contribution >= 0.6 is 11.5 Å². The molecule has 0 saturated heterocycles. The van der Waals surface area contributed by atoms with Gasteiger partial charge in [0, 0.05) is 10.4 Å². The van der Waals surface area contributed by atoms with Crippen molar-refractivity contribution in [2.45, 2.75) is 104 Å². The second-order valence-corrected chi connectivity index (χ2v) is 7.73. The van der Waals surface area contributed by atoms with Crippen molar-refractivity contribution < 1.29 is 0 Å². The first-order chi connectivity index (χ1) is 10.6. The fraction of sp³-hybridized carbons (Fsp3) is 0.842. The highest BCUT2D eigenvalue weighted by Gasteiger charge is 2.24. The number of rotatable bonds is 13. The van der Waals surface area contributed by atoms with E-state index in [-0.39, 0.29) is 5.54 Å². The fourth-order valence-corrected chi connectivity index (χ4v) is 3.59. The van der Waals surface area contributed by atoms with Gasteiger partial charge in [0.2, 0.25) is 0 Å². The second-order valence-electron chi connectivity index (χ2n) is 6.84. The maximum absolute atomic E-state index is 4.59. The van der Waals surface area contributed by atoms with Gasteiger partial charge in [-0.05, 0) is 43.8 Å². The predicted octanol–water partition coefficient (Wildman–Crippen LogP) is 6.82. The van der Waals surface area contributed by atoms with Crippen molar-refractivity contribution in [3.05, 3.63) is 10.9 Å². The second kappa shape index (κ2) is 11.0. The van der Waals surface area contributed by atoms with E-state index in [0.29, 0.717) is 0 Å². The number of aromatic nitrogens is 1. The molecule has 1 rings (SSSR count). The van der Waals surface area contributed by atoms with Gasteiger partial charge in [0.1, 0.15) is 5.82 Å². The van der Waals surface area contributed by atoms with Crippen molar-refractivity contribution in [2.24, 2.45) is 0 Å². The van der Waals surface area contributed by atoms with E-state index in [9.17, 15) is 0 Å². The zero-order valence-electron chi connectivity index (χ0n) is 15.2. The normalized spacial score (nSPS) is 14.0. The Morgan fingerprint density at radius 2 is 1.55 bits per heavy atom. The summed E-state index contributed by atoms with van der Waals surface area (Å²) >= 11 is 1.64. The van der Waals surface area contributed by atoms with Crippen LogP contribution in [0.25, 0.3) is 0 Å². The number of nitrogens with zero attached hydrogens (tertiary/aromatic N) is 1. The lowest BCUT2D eigenvalue weighted by atomic mass is 9.88. The first-order valence-corrected chi connectivity index (χ1v) is 10.1. The van der Waals surface area contributed by atoms with Gasteiger partial charge in [0.05, 0.1) is 0 Å². The van der Waals surface area contributed by atoms with Gasteiger partial charge in [-0.3, -0.25) is 0 Å². The van der Waals surface area contributed by atoms with Crippen LogP contribution in [-0.2, 0) is 6.42 Å². The van der Waals surface area contributed by atoms with Gasteiger partial charge in [0.25, 0.3) is 0 Å². The minimum atomic E-state index is 0.209. The summed E-state index contributed by atoms with van der Waals surface area (Å²) in [6.07, 6.45) is 14.4. The molecule has 128 valence electrons. The van der Waals surface area contributed by atoms with Crippen LogP contribution in [0.1, 0.15) is 96.8 Å². The lowest BCUT2D eigenvalue weighted by Crippen LogP contribution is -2.34. The van der Waals surface area contributed by atoms with Gasteiger partial charge >= 0.3 is 0 Å². The van der Waals surface area contributed by atoms with E-state index in [1.54, 1.807) is 11.5 Å². The van der Waals surface area contributed by atoms with Gasteiger partial charge in [-0.15, -0.1) is 0 Å². The molecule has 1 heterocycles. The number of hydrogen-bond donors (Lipinski definition) is 1. The van der Waals surface area contributed by atoms with E-state index in [4.69, 9.17) is 0 Å². The van der Waals surface area contributed by atoms with Crippen LogP contribution in [0.2, 0.25) is 0 Å². The summed E-state index contributed by atoms with van der Waals surface area (Å²) < 4.78 is 4.59. The van der Waals surface area contributed by atoms with Crippen LogP contribution in [0.3, 0.4) is 0 Å². The van der Waals surface area contributed by atoms with Crippen LogP contribution < -0.4 is 5.32 Å². The Morgan fingerprint density at radius 3 is 2.14 bits per heavy atom. The van der Waals surface area contributed by atoms with Crippen molar-refractivity contribution >= 4 is 17.4 Å². The highest BCUT2D eigenvalue weighted by Crippen LogP contribution is 2.28.